The number of nitrogens with zero attached hydrogens (tertiary/aromatic N) is 3. The third-order valence-electron chi connectivity index (χ3n) is 3.64. The van der Waals surface area contributed by atoms with E-state index in [0.29, 0.717) is 13.1 Å². The van der Waals surface area contributed by atoms with E-state index in [2.05, 4.69) is 10.4 Å². The minimum Gasteiger partial charge on any atom is -0.490 e. The van der Waals surface area contributed by atoms with Crippen LogP contribution in [-0.4, -0.2) is 33.5 Å². The van der Waals surface area contributed by atoms with Crippen LogP contribution in [0.1, 0.15) is 16.8 Å². The Kier molecular flexibility index (Phi) is 5.17. The first kappa shape index (κ1) is 16.8. The molecule has 8 nitrogen and oxygen atoms in total. The molecule has 2 N–H and O–H groups in total. The van der Waals surface area contributed by atoms with Crippen LogP contribution in [0.15, 0.2) is 18.2 Å². The zero-order chi connectivity index (χ0) is 17.0. The highest BCUT2D eigenvalue weighted by atomic mass is 16.6. The van der Waals surface area contributed by atoms with E-state index < -0.39 is 4.92 Å². The normalized spacial score (nSPS) is 10.6. The van der Waals surface area contributed by atoms with Crippen molar-refractivity contribution >= 4 is 11.5 Å². The fraction of sp³-hybridized carbons (Fsp3) is 0.400. The Bertz CT molecular complexity index is 712. The molecule has 0 aliphatic rings. The molecule has 1 aromatic heterocycles. The Hall–Kier alpha value is -2.61. The number of nitrogens with one attached hydrogen (secondary N) is 1. The fourth-order valence-corrected chi connectivity index (χ4v) is 2.33. The first-order valence-corrected chi connectivity index (χ1v) is 7.18. The maximum Gasteiger partial charge on any atom is 0.311 e. The van der Waals surface area contributed by atoms with Gasteiger partial charge in [0.15, 0.2) is 5.75 Å². The molecule has 0 saturated carbocycles. The number of rotatable bonds is 7. The largest absolute Gasteiger partial charge is 0.490 e. The first-order chi connectivity index (χ1) is 11.0. The average Bonchev–Trinajstić information content (AvgIpc) is 2.79. The van der Waals surface area contributed by atoms with E-state index in [1.165, 1.54) is 13.2 Å². The van der Waals surface area contributed by atoms with Crippen molar-refractivity contribution in [3.8, 4) is 5.75 Å². The van der Waals surface area contributed by atoms with Crippen LogP contribution in [0.2, 0.25) is 0 Å². The SMILES string of the molecule is COc1ccc(CNc2c(C)c(C)nn2CCO)cc1[N+](=O)[O-]. The zero-order valence-electron chi connectivity index (χ0n) is 13.4. The first-order valence-electron chi connectivity index (χ1n) is 7.18. The van der Waals surface area contributed by atoms with Crippen molar-refractivity contribution in [3.63, 3.8) is 0 Å². The van der Waals surface area contributed by atoms with Crippen molar-refractivity contribution in [2.75, 3.05) is 19.0 Å². The summed E-state index contributed by atoms with van der Waals surface area (Å²) in [5.41, 5.74) is 2.55. The van der Waals surface area contributed by atoms with Crippen molar-refractivity contribution in [3.05, 3.63) is 45.1 Å². The topological polar surface area (TPSA) is 102 Å². The minimum absolute atomic E-state index is 0.0107. The number of ether oxygens (including phenoxy) is 1. The number of aryl methyl sites for hydroxylation is 1. The molecule has 0 bridgehead atoms. The fourth-order valence-electron chi connectivity index (χ4n) is 2.33. The van der Waals surface area contributed by atoms with E-state index in [-0.39, 0.29) is 18.0 Å². The summed E-state index contributed by atoms with van der Waals surface area (Å²) in [6.45, 7) is 4.62. The molecule has 0 unspecified atom stereocenters. The Labute approximate surface area is 133 Å². The number of hydrogen-bond acceptors (Lipinski definition) is 6. The van der Waals surface area contributed by atoms with Crippen LogP contribution >= 0.6 is 0 Å². The number of hydrogen-bond donors (Lipinski definition) is 2. The van der Waals surface area contributed by atoms with Gasteiger partial charge < -0.3 is 15.2 Å². The molecular formula is C15H20N4O4. The molecule has 2 aromatic rings. The Morgan fingerprint density at radius 3 is 2.78 bits per heavy atom. The number of aromatic nitrogens is 2. The lowest BCUT2D eigenvalue weighted by Gasteiger charge is -2.11. The van der Waals surface area contributed by atoms with Gasteiger partial charge in [0.05, 0.1) is 30.9 Å². The molecule has 1 heterocycles. The molecule has 8 heteroatoms. The standard InChI is InChI=1S/C15H20N4O4/c1-10-11(2)17-18(6-7-20)15(10)16-9-12-4-5-14(23-3)13(8-12)19(21)22/h4-5,8,16,20H,6-7,9H2,1-3H3. The summed E-state index contributed by atoms with van der Waals surface area (Å²) in [6, 6.07) is 4.84. The highest BCUT2D eigenvalue weighted by Gasteiger charge is 2.16. The van der Waals surface area contributed by atoms with Gasteiger partial charge in [0.1, 0.15) is 5.82 Å². The average molecular weight is 320 g/mol. The molecule has 0 saturated heterocycles. The second-order valence-corrected chi connectivity index (χ2v) is 5.12. The molecule has 23 heavy (non-hydrogen) atoms. The summed E-state index contributed by atoms with van der Waals surface area (Å²) >= 11 is 0. The van der Waals surface area contributed by atoms with Gasteiger partial charge >= 0.3 is 5.69 Å². The Balaban J connectivity index is 2.21. The number of anilines is 1. The van der Waals surface area contributed by atoms with Crippen molar-refractivity contribution in [2.24, 2.45) is 0 Å². The van der Waals surface area contributed by atoms with Crippen LogP contribution in [0.3, 0.4) is 0 Å². The third kappa shape index (κ3) is 3.59. The molecule has 0 fully saturated rings. The maximum absolute atomic E-state index is 11.1. The molecule has 0 amide bonds. The number of aliphatic hydroxyl groups is 1. The van der Waals surface area contributed by atoms with E-state index >= 15 is 0 Å². The second kappa shape index (κ2) is 7.10. The summed E-state index contributed by atoms with van der Waals surface area (Å²) < 4.78 is 6.69. The van der Waals surface area contributed by atoms with Gasteiger partial charge in [0.2, 0.25) is 0 Å². The second-order valence-electron chi connectivity index (χ2n) is 5.12. The summed E-state index contributed by atoms with van der Waals surface area (Å²) in [5.74, 6) is 1.03. The van der Waals surface area contributed by atoms with Gasteiger partial charge in [-0.1, -0.05) is 6.07 Å². The van der Waals surface area contributed by atoms with Gasteiger partial charge in [-0.05, 0) is 25.5 Å². The van der Waals surface area contributed by atoms with Crippen LogP contribution in [-0.2, 0) is 13.1 Å². The third-order valence-corrected chi connectivity index (χ3v) is 3.64. The molecule has 124 valence electrons. The summed E-state index contributed by atoms with van der Waals surface area (Å²) in [5, 5.41) is 27.8. The molecule has 0 radical (unpaired) electrons. The smallest absolute Gasteiger partial charge is 0.311 e. The van der Waals surface area contributed by atoms with Gasteiger partial charge in [-0.3, -0.25) is 10.1 Å². The number of aliphatic hydroxyl groups excluding tert-OH is 1. The molecule has 0 aliphatic carbocycles. The number of nitro groups is 1. The highest BCUT2D eigenvalue weighted by molar-refractivity contribution is 5.51. The summed E-state index contributed by atoms with van der Waals surface area (Å²) in [7, 11) is 1.40. The molecule has 0 atom stereocenters. The van der Waals surface area contributed by atoms with E-state index in [1.807, 2.05) is 13.8 Å². The monoisotopic (exact) mass is 320 g/mol. The zero-order valence-corrected chi connectivity index (χ0v) is 13.4. The van der Waals surface area contributed by atoms with Gasteiger partial charge in [-0.15, -0.1) is 0 Å². The predicted molar refractivity (Wildman–Crippen MR) is 85.8 cm³/mol. The predicted octanol–water partition coefficient (Wildman–Crippen LogP) is 2.02. The lowest BCUT2D eigenvalue weighted by atomic mass is 10.2. The van der Waals surface area contributed by atoms with E-state index in [4.69, 9.17) is 9.84 Å². The molecule has 0 aliphatic heterocycles. The summed E-state index contributed by atoms with van der Waals surface area (Å²) in [4.78, 5) is 10.6. The van der Waals surface area contributed by atoms with Gasteiger partial charge in [0, 0.05) is 18.2 Å². The van der Waals surface area contributed by atoms with Crippen LogP contribution in [0.4, 0.5) is 11.5 Å². The maximum atomic E-state index is 11.1. The Morgan fingerprint density at radius 2 is 2.17 bits per heavy atom. The quantitative estimate of drug-likeness (QED) is 0.597. The lowest BCUT2D eigenvalue weighted by Crippen LogP contribution is -2.11. The van der Waals surface area contributed by atoms with Crippen molar-refractivity contribution < 1.29 is 14.8 Å². The van der Waals surface area contributed by atoms with Crippen LogP contribution in [0, 0.1) is 24.0 Å². The van der Waals surface area contributed by atoms with Crippen LogP contribution in [0.25, 0.3) is 0 Å². The molecular weight excluding hydrogens is 300 g/mol. The van der Waals surface area contributed by atoms with Crippen molar-refractivity contribution in [2.45, 2.75) is 26.9 Å². The van der Waals surface area contributed by atoms with Gasteiger partial charge in [-0.25, -0.2) is 4.68 Å². The number of methoxy groups -OCH3 is 1. The highest BCUT2D eigenvalue weighted by Crippen LogP contribution is 2.28. The van der Waals surface area contributed by atoms with Gasteiger partial charge in [-0.2, -0.15) is 5.10 Å². The van der Waals surface area contributed by atoms with Crippen LogP contribution in [0.5, 0.6) is 5.75 Å². The van der Waals surface area contributed by atoms with Gasteiger partial charge in [0.25, 0.3) is 0 Å². The van der Waals surface area contributed by atoms with Crippen LogP contribution < -0.4 is 10.1 Å². The summed E-state index contributed by atoms with van der Waals surface area (Å²) in [6.07, 6.45) is 0. The molecule has 0 spiro atoms. The molecule has 2 rings (SSSR count). The molecule has 1 aromatic carbocycles. The van der Waals surface area contributed by atoms with Crippen molar-refractivity contribution in [1.29, 1.82) is 0 Å². The van der Waals surface area contributed by atoms with E-state index in [1.54, 1.807) is 16.8 Å². The number of benzene rings is 1. The lowest BCUT2D eigenvalue weighted by molar-refractivity contribution is -0.385. The minimum atomic E-state index is -0.465. The Morgan fingerprint density at radius 1 is 1.43 bits per heavy atom. The van der Waals surface area contributed by atoms with E-state index in [9.17, 15) is 10.1 Å². The van der Waals surface area contributed by atoms with Crippen molar-refractivity contribution in [1.82, 2.24) is 9.78 Å². The number of nitro benzene ring substituents is 1. The van der Waals surface area contributed by atoms with E-state index in [0.717, 1.165) is 22.6 Å².